The van der Waals surface area contributed by atoms with Crippen LogP contribution in [0.2, 0.25) is 0 Å². The number of amides is 3. The van der Waals surface area contributed by atoms with Crippen LogP contribution in [0.1, 0.15) is 34.6 Å². The molecule has 3 aliphatic rings. The first kappa shape index (κ1) is 24.6. The maximum Gasteiger partial charge on any atom is 0.241 e. The van der Waals surface area contributed by atoms with Crippen molar-refractivity contribution in [3.05, 3.63) is 46.8 Å². The molecular weight excluding hydrogens is 450 g/mol. The fourth-order valence-corrected chi connectivity index (χ4v) is 4.84. The van der Waals surface area contributed by atoms with Gasteiger partial charge >= 0.3 is 0 Å². The minimum atomic E-state index is -0.360. The molecule has 0 radical (unpaired) electrons. The number of ketones is 2. The van der Waals surface area contributed by atoms with Gasteiger partial charge in [-0.2, -0.15) is 0 Å². The van der Waals surface area contributed by atoms with Crippen molar-refractivity contribution in [2.45, 2.75) is 13.8 Å². The van der Waals surface area contributed by atoms with Crippen molar-refractivity contribution in [2.75, 3.05) is 66.0 Å². The van der Waals surface area contributed by atoms with Crippen LogP contribution < -0.4 is 0 Å². The second-order valence-electron chi connectivity index (χ2n) is 9.13. The molecule has 1 aromatic carbocycles. The first-order chi connectivity index (χ1) is 16.7. The Kier molecular flexibility index (Phi) is 7.02. The van der Waals surface area contributed by atoms with Gasteiger partial charge < -0.3 is 19.6 Å². The Balaban J connectivity index is 1.60. The molecule has 0 atom stereocenters. The van der Waals surface area contributed by atoms with E-state index in [0.29, 0.717) is 57.9 Å². The Morgan fingerprint density at radius 2 is 1.26 bits per heavy atom. The van der Waals surface area contributed by atoms with Gasteiger partial charge in [0.05, 0.1) is 6.54 Å². The van der Waals surface area contributed by atoms with E-state index >= 15 is 0 Å². The van der Waals surface area contributed by atoms with Crippen molar-refractivity contribution in [1.29, 1.82) is 0 Å². The largest absolute Gasteiger partial charge is 0.363 e. The number of hydrogen-bond acceptors (Lipinski definition) is 7. The van der Waals surface area contributed by atoms with E-state index in [0.717, 1.165) is 0 Å². The molecule has 186 valence electrons. The third-order valence-corrected chi connectivity index (χ3v) is 7.00. The minimum absolute atomic E-state index is 0.0118. The predicted octanol–water partition coefficient (Wildman–Crippen LogP) is 0.0638. The van der Waals surface area contributed by atoms with Gasteiger partial charge in [0.1, 0.15) is 11.4 Å². The van der Waals surface area contributed by atoms with Crippen LogP contribution in [-0.2, 0) is 14.4 Å². The number of piperazine rings is 2. The van der Waals surface area contributed by atoms with E-state index in [2.05, 4.69) is 0 Å². The standard InChI is InChI=1S/C25H31N5O5/c1-17(31)28-10-8-27(9-11-28)16-21(33)26(3)22-23(30-14-12-29(13-15-30)18(2)32)25(35)20-7-5-4-6-19(20)24(22)34/h4-7H,8-16H2,1-3H3. The SMILES string of the molecule is CC(=O)N1CCN(CC(=O)N(C)C2=C(N3CCN(C(C)=O)CC3)C(=O)c3ccccc3C2=O)CC1. The number of carbonyl (C=O) groups excluding carboxylic acids is 5. The molecule has 1 aliphatic carbocycles. The van der Waals surface area contributed by atoms with Crippen molar-refractivity contribution in [3.8, 4) is 0 Å². The molecular formula is C25H31N5O5. The number of likely N-dealkylation sites (N-methyl/N-ethyl adjacent to an activating group) is 1. The lowest BCUT2D eigenvalue weighted by Gasteiger charge is -2.39. The summed E-state index contributed by atoms with van der Waals surface area (Å²) < 4.78 is 0. The number of allylic oxidation sites excluding steroid dienone is 2. The average Bonchev–Trinajstić information content (AvgIpc) is 2.86. The Bertz CT molecular complexity index is 1100. The zero-order chi connectivity index (χ0) is 25.3. The lowest BCUT2D eigenvalue weighted by atomic mass is 9.89. The van der Waals surface area contributed by atoms with E-state index in [9.17, 15) is 24.0 Å². The van der Waals surface area contributed by atoms with Crippen molar-refractivity contribution in [1.82, 2.24) is 24.5 Å². The van der Waals surface area contributed by atoms with E-state index < -0.39 is 0 Å². The summed E-state index contributed by atoms with van der Waals surface area (Å²) in [6, 6.07) is 6.66. The highest BCUT2D eigenvalue weighted by molar-refractivity contribution is 6.27. The van der Waals surface area contributed by atoms with Crippen LogP contribution in [0.25, 0.3) is 0 Å². The van der Waals surface area contributed by atoms with Crippen molar-refractivity contribution >= 4 is 29.3 Å². The first-order valence-electron chi connectivity index (χ1n) is 11.9. The van der Waals surface area contributed by atoms with Crippen molar-refractivity contribution in [2.24, 2.45) is 0 Å². The summed E-state index contributed by atoms with van der Waals surface area (Å²) in [7, 11) is 1.54. The maximum atomic E-state index is 13.6. The molecule has 2 heterocycles. The molecule has 0 saturated carbocycles. The van der Waals surface area contributed by atoms with E-state index in [4.69, 9.17) is 0 Å². The second-order valence-corrected chi connectivity index (χ2v) is 9.13. The molecule has 4 rings (SSSR count). The van der Waals surface area contributed by atoms with Gasteiger partial charge in [-0.05, 0) is 0 Å². The summed E-state index contributed by atoms with van der Waals surface area (Å²) in [6.07, 6.45) is 0. The summed E-state index contributed by atoms with van der Waals surface area (Å²) in [4.78, 5) is 72.3. The molecule has 10 nitrogen and oxygen atoms in total. The number of rotatable bonds is 4. The number of hydrogen-bond donors (Lipinski definition) is 0. The minimum Gasteiger partial charge on any atom is -0.363 e. The molecule has 1 aromatic rings. The van der Waals surface area contributed by atoms with Crippen LogP contribution in [0.3, 0.4) is 0 Å². The van der Waals surface area contributed by atoms with E-state index in [1.807, 2.05) is 9.80 Å². The molecule has 0 aromatic heterocycles. The van der Waals surface area contributed by atoms with Gasteiger partial charge in [-0.25, -0.2) is 0 Å². The van der Waals surface area contributed by atoms with Crippen LogP contribution in [0, 0.1) is 0 Å². The summed E-state index contributed by atoms with van der Waals surface area (Å²) in [5.41, 5.74) is 0.909. The third kappa shape index (κ3) is 4.84. The molecule has 35 heavy (non-hydrogen) atoms. The molecule has 0 unspecified atom stereocenters. The lowest BCUT2D eigenvalue weighted by Crippen LogP contribution is -2.52. The summed E-state index contributed by atoms with van der Waals surface area (Å²) >= 11 is 0. The summed E-state index contributed by atoms with van der Waals surface area (Å²) in [5, 5.41) is 0. The Morgan fingerprint density at radius 1 is 0.771 bits per heavy atom. The Hall–Kier alpha value is -3.53. The fraction of sp³-hybridized carbons (Fsp3) is 0.480. The quantitative estimate of drug-likeness (QED) is 0.600. The van der Waals surface area contributed by atoms with Crippen LogP contribution in [0.5, 0.6) is 0 Å². The van der Waals surface area contributed by atoms with Crippen molar-refractivity contribution < 1.29 is 24.0 Å². The normalized spacial score (nSPS) is 19.1. The van der Waals surface area contributed by atoms with Crippen LogP contribution in [-0.4, -0.2) is 120 Å². The van der Waals surface area contributed by atoms with Gasteiger partial charge in [-0.15, -0.1) is 0 Å². The topological polar surface area (TPSA) is 102 Å². The molecule has 2 fully saturated rings. The second kappa shape index (κ2) is 9.99. The molecule has 2 saturated heterocycles. The molecule has 0 spiro atoms. The average molecular weight is 482 g/mol. The maximum absolute atomic E-state index is 13.6. The molecule has 2 aliphatic heterocycles. The number of Topliss-reactive ketones (excluding diaryl/α,β-unsaturated/α-hetero) is 2. The monoisotopic (exact) mass is 481 g/mol. The molecule has 0 N–H and O–H groups in total. The molecule has 0 bridgehead atoms. The fourth-order valence-electron chi connectivity index (χ4n) is 4.84. The first-order valence-corrected chi connectivity index (χ1v) is 11.9. The van der Waals surface area contributed by atoms with Gasteiger partial charge in [0, 0.05) is 84.4 Å². The highest BCUT2D eigenvalue weighted by Crippen LogP contribution is 2.30. The lowest BCUT2D eigenvalue weighted by molar-refractivity contribution is -0.132. The summed E-state index contributed by atoms with van der Waals surface area (Å²) in [5.74, 6) is -0.968. The van der Waals surface area contributed by atoms with Gasteiger partial charge in [-0.3, -0.25) is 28.9 Å². The predicted molar refractivity (Wildman–Crippen MR) is 127 cm³/mol. The zero-order valence-corrected chi connectivity index (χ0v) is 20.5. The van der Waals surface area contributed by atoms with E-state index in [1.165, 1.54) is 25.8 Å². The molecule has 3 amide bonds. The van der Waals surface area contributed by atoms with Gasteiger partial charge in [0.2, 0.25) is 29.3 Å². The third-order valence-electron chi connectivity index (χ3n) is 7.00. The van der Waals surface area contributed by atoms with E-state index in [-0.39, 0.29) is 52.8 Å². The molecule has 10 heteroatoms. The van der Waals surface area contributed by atoms with Gasteiger partial charge in [-0.1, -0.05) is 24.3 Å². The van der Waals surface area contributed by atoms with Gasteiger partial charge in [0.25, 0.3) is 0 Å². The Labute approximate surface area is 204 Å². The van der Waals surface area contributed by atoms with Gasteiger partial charge in [0.15, 0.2) is 0 Å². The van der Waals surface area contributed by atoms with Crippen LogP contribution in [0.4, 0.5) is 0 Å². The van der Waals surface area contributed by atoms with Crippen molar-refractivity contribution in [3.63, 3.8) is 0 Å². The van der Waals surface area contributed by atoms with E-state index in [1.54, 1.807) is 34.1 Å². The van der Waals surface area contributed by atoms with Crippen LogP contribution >= 0.6 is 0 Å². The number of fused-ring (bicyclic) bond motifs is 1. The highest BCUT2D eigenvalue weighted by Gasteiger charge is 2.39. The highest BCUT2D eigenvalue weighted by atomic mass is 16.2. The number of carbonyl (C=O) groups is 5. The van der Waals surface area contributed by atoms with Crippen LogP contribution in [0.15, 0.2) is 35.7 Å². The Morgan fingerprint density at radius 3 is 1.77 bits per heavy atom. The number of benzene rings is 1. The zero-order valence-electron chi connectivity index (χ0n) is 20.5. The smallest absolute Gasteiger partial charge is 0.241 e. The summed E-state index contributed by atoms with van der Waals surface area (Å²) in [6.45, 7) is 7.01. The number of nitrogens with zero attached hydrogens (tertiary/aromatic N) is 5.